The first-order valence-corrected chi connectivity index (χ1v) is 15.0. The molecule has 0 radical (unpaired) electrons. The molecule has 222 valence electrons. The number of nitrogens with zero attached hydrogens (tertiary/aromatic N) is 4. The molecule has 1 aromatic carbocycles. The molecule has 1 N–H and O–H groups in total. The zero-order valence-corrected chi connectivity index (χ0v) is 25.6. The van der Waals surface area contributed by atoms with E-state index in [1.165, 1.54) is 4.88 Å². The van der Waals surface area contributed by atoms with Crippen LogP contribution in [0.25, 0.3) is 5.00 Å². The monoisotopic (exact) mass is 603 g/mol. The fraction of sp³-hybridized carbons (Fsp3) is 0.517. The van der Waals surface area contributed by atoms with Gasteiger partial charge in [0.2, 0.25) is 5.91 Å². The van der Waals surface area contributed by atoms with Crippen LogP contribution in [0.4, 0.5) is 0 Å². The number of aliphatic imine (C=N–C) groups is 1. The van der Waals surface area contributed by atoms with Crippen molar-refractivity contribution in [1.82, 2.24) is 20.1 Å². The molecule has 1 amide bonds. The number of carbonyl (C=O) groups excluding carboxylic acids is 1. The van der Waals surface area contributed by atoms with Crippen LogP contribution in [0.1, 0.15) is 52.6 Å². The van der Waals surface area contributed by atoms with E-state index >= 15 is 0 Å². The van der Waals surface area contributed by atoms with E-state index in [0.29, 0.717) is 70.2 Å². The van der Waals surface area contributed by atoms with E-state index in [1.54, 1.807) is 11.3 Å². The minimum absolute atomic E-state index is 0.134. The van der Waals surface area contributed by atoms with Gasteiger partial charge in [0.1, 0.15) is 16.9 Å². The van der Waals surface area contributed by atoms with Gasteiger partial charge < -0.3 is 24.3 Å². The summed E-state index contributed by atoms with van der Waals surface area (Å²) in [5, 5.41) is 13.4. The summed E-state index contributed by atoms with van der Waals surface area (Å²) in [6, 6.07) is 7.13. The second-order valence-electron chi connectivity index (χ2n) is 9.49. The summed E-state index contributed by atoms with van der Waals surface area (Å²) in [6.07, 6.45) is 0.134. The SMILES string of the molecule is CCOCCOCCOCCOCCNC(=O)C[C@@H]1N=C(c2ccc(Cl)cc2)c2c(sc(C)c2C)-n2c(C)nnc21. The molecule has 1 aliphatic rings. The molecule has 0 saturated carbocycles. The van der Waals surface area contributed by atoms with Crippen molar-refractivity contribution >= 4 is 34.6 Å². The number of hydrogen-bond donors (Lipinski definition) is 1. The molecule has 0 aliphatic carbocycles. The van der Waals surface area contributed by atoms with Crippen molar-refractivity contribution in [3.8, 4) is 5.00 Å². The van der Waals surface area contributed by atoms with Crippen LogP contribution in [0.2, 0.25) is 5.02 Å². The van der Waals surface area contributed by atoms with Gasteiger partial charge in [0.05, 0.1) is 58.4 Å². The molecule has 0 spiro atoms. The van der Waals surface area contributed by atoms with Crippen molar-refractivity contribution < 1.29 is 23.7 Å². The predicted octanol–water partition coefficient (Wildman–Crippen LogP) is 4.39. The molecular formula is C29H38ClN5O5S. The van der Waals surface area contributed by atoms with Crippen LogP contribution >= 0.6 is 22.9 Å². The fourth-order valence-electron chi connectivity index (χ4n) is 4.45. The summed E-state index contributed by atoms with van der Waals surface area (Å²) in [6.45, 7) is 12.6. The highest BCUT2D eigenvalue weighted by Gasteiger charge is 2.32. The summed E-state index contributed by atoms with van der Waals surface area (Å²) in [5.74, 6) is 1.27. The van der Waals surface area contributed by atoms with Gasteiger partial charge in [-0.1, -0.05) is 23.7 Å². The lowest BCUT2D eigenvalue weighted by atomic mass is 9.99. The highest BCUT2D eigenvalue weighted by molar-refractivity contribution is 7.15. The van der Waals surface area contributed by atoms with Gasteiger partial charge in [0, 0.05) is 34.2 Å². The van der Waals surface area contributed by atoms with E-state index in [1.807, 2.05) is 42.7 Å². The fourth-order valence-corrected chi connectivity index (χ4v) is 5.79. The third-order valence-corrected chi connectivity index (χ3v) is 8.07. The van der Waals surface area contributed by atoms with Gasteiger partial charge in [-0.25, -0.2) is 0 Å². The number of rotatable bonds is 16. The molecule has 2 aromatic heterocycles. The minimum atomic E-state index is -0.508. The zero-order chi connectivity index (χ0) is 29.2. The van der Waals surface area contributed by atoms with Gasteiger partial charge in [-0.05, 0) is 45.4 Å². The summed E-state index contributed by atoms with van der Waals surface area (Å²) in [7, 11) is 0. The number of carbonyl (C=O) groups is 1. The quantitative estimate of drug-likeness (QED) is 0.242. The Kier molecular flexibility index (Phi) is 11.8. The van der Waals surface area contributed by atoms with Crippen LogP contribution in [0.15, 0.2) is 29.3 Å². The van der Waals surface area contributed by atoms with Crippen molar-refractivity contribution in [2.75, 3.05) is 59.4 Å². The number of hydrogen-bond acceptors (Lipinski definition) is 9. The number of ether oxygens (including phenoxy) is 4. The van der Waals surface area contributed by atoms with Crippen molar-refractivity contribution in [2.24, 2.45) is 4.99 Å². The van der Waals surface area contributed by atoms with E-state index in [9.17, 15) is 4.79 Å². The van der Waals surface area contributed by atoms with Gasteiger partial charge in [-0.2, -0.15) is 0 Å². The average molecular weight is 604 g/mol. The van der Waals surface area contributed by atoms with Gasteiger partial charge in [-0.3, -0.25) is 14.4 Å². The first kappa shape index (κ1) is 31.3. The number of benzene rings is 1. The Balaban J connectivity index is 1.33. The van der Waals surface area contributed by atoms with E-state index in [0.717, 1.165) is 33.2 Å². The maximum Gasteiger partial charge on any atom is 0.222 e. The van der Waals surface area contributed by atoms with E-state index in [2.05, 4.69) is 29.4 Å². The second-order valence-corrected chi connectivity index (χ2v) is 11.1. The molecule has 1 aliphatic heterocycles. The zero-order valence-electron chi connectivity index (χ0n) is 24.1. The molecule has 10 nitrogen and oxygen atoms in total. The van der Waals surface area contributed by atoms with Crippen molar-refractivity contribution in [3.05, 3.63) is 62.5 Å². The molecule has 4 rings (SSSR count). The summed E-state index contributed by atoms with van der Waals surface area (Å²) in [5.41, 5.74) is 3.95. The molecule has 0 unspecified atom stereocenters. The third kappa shape index (κ3) is 8.21. The predicted molar refractivity (Wildman–Crippen MR) is 160 cm³/mol. The molecule has 12 heteroatoms. The Bertz CT molecular complexity index is 1320. The topological polar surface area (TPSA) is 109 Å². The Labute approximate surface area is 250 Å². The number of fused-ring (bicyclic) bond motifs is 3. The van der Waals surface area contributed by atoms with Crippen molar-refractivity contribution in [1.29, 1.82) is 0 Å². The largest absolute Gasteiger partial charge is 0.379 e. The van der Waals surface area contributed by atoms with Crippen molar-refractivity contribution in [3.63, 3.8) is 0 Å². The molecule has 0 saturated heterocycles. The molecule has 41 heavy (non-hydrogen) atoms. The highest BCUT2D eigenvalue weighted by atomic mass is 35.5. The van der Waals surface area contributed by atoms with Gasteiger partial charge >= 0.3 is 0 Å². The lowest BCUT2D eigenvalue weighted by Crippen LogP contribution is -2.29. The molecule has 3 aromatic rings. The van der Waals surface area contributed by atoms with Crippen LogP contribution in [-0.2, 0) is 23.7 Å². The number of thiophene rings is 1. The molecule has 3 heterocycles. The number of aromatic nitrogens is 3. The molecule has 0 fully saturated rings. The number of nitrogens with one attached hydrogen (secondary N) is 1. The third-order valence-electron chi connectivity index (χ3n) is 6.62. The van der Waals surface area contributed by atoms with Crippen LogP contribution in [-0.4, -0.2) is 85.8 Å². The van der Waals surface area contributed by atoms with Crippen LogP contribution in [0.3, 0.4) is 0 Å². The van der Waals surface area contributed by atoms with Gasteiger partial charge in [0.25, 0.3) is 0 Å². The van der Waals surface area contributed by atoms with Gasteiger partial charge in [0.15, 0.2) is 5.82 Å². The molecule has 0 bridgehead atoms. The lowest BCUT2D eigenvalue weighted by Gasteiger charge is -2.13. The Morgan fingerprint density at radius 1 is 0.951 bits per heavy atom. The first-order chi connectivity index (χ1) is 19.9. The molecular weight excluding hydrogens is 566 g/mol. The minimum Gasteiger partial charge on any atom is -0.379 e. The summed E-state index contributed by atoms with van der Waals surface area (Å²) in [4.78, 5) is 19.3. The maximum atomic E-state index is 13.0. The van der Waals surface area contributed by atoms with Crippen LogP contribution in [0.5, 0.6) is 0 Å². The Hall–Kier alpha value is -2.67. The maximum absolute atomic E-state index is 13.0. The Morgan fingerprint density at radius 3 is 2.24 bits per heavy atom. The number of amides is 1. The van der Waals surface area contributed by atoms with Gasteiger partial charge in [-0.15, -0.1) is 21.5 Å². The summed E-state index contributed by atoms with van der Waals surface area (Å²) < 4.78 is 23.7. The van der Waals surface area contributed by atoms with Crippen LogP contribution in [0, 0.1) is 20.8 Å². The van der Waals surface area contributed by atoms with Crippen molar-refractivity contribution in [2.45, 2.75) is 40.2 Å². The van der Waals surface area contributed by atoms with Crippen LogP contribution < -0.4 is 5.32 Å². The van der Waals surface area contributed by atoms with E-state index < -0.39 is 6.04 Å². The Morgan fingerprint density at radius 2 is 1.59 bits per heavy atom. The highest BCUT2D eigenvalue weighted by Crippen LogP contribution is 2.39. The summed E-state index contributed by atoms with van der Waals surface area (Å²) >= 11 is 7.86. The lowest BCUT2D eigenvalue weighted by molar-refractivity contribution is -0.121. The molecule has 1 atom stereocenters. The first-order valence-electron chi connectivity index (χ1n) is 13.8. The van der Waals surface area contributed by atoms with E-state index in [4.69, 9.17) is 35.5 Å². The smallest absolute Gasteiger partial charge is 0.222 e. The van der Waals surface area contributed by atoms with E-state index in [-0.39, 0.29) is 12.3 Å². The number of aryl methyl sites for hydroxylation is 2. The average Bonchev–Trinajstić information content (AvgIpc) is 3.43. The standard InChI is InChI=1S/C29H38ClN5O5S/c1-5-37-12-13-39-16-17-40-15-14-38-11-10-31-25(36)18-24-28-34-33-21(4)35(28)29-26(19(2)20(3)41-29)27(32-24)22-6-8-23(30)9-7-22/h6-9,24H,5,10-18H2,1-4H3,(H,31,36)/t24-/m0/s1. The normalized spacial score (nSPS) is 14.4. The second kappa shape index (κ2) is 15.5. The number of halogens is 1.